The number of hydrogen-bond donors (Lipinski definition) is 0. The Hall–Kier alpha value is -1.76. The lowest BCUT2D eigenvalue weighted by Crippen LogP contribution is -1.95. The van der Waals surface area contributed by atoms with E-state index in [4.69, 9.17) is 4.74 Å². The number of ether oxygens (including phenoxy) is 1. The molecule has 16 heavy (non-hydrogen) atoms. The Morgan fingerprint density at radius 3 is 2.56 bits per heavy atom. The summed E-state index contributed by atoms with van der Waals surface area (Å²) in [5, 5.41) is 0. The Morgan fingerprint density at radius 2 is 1.81 bits per heavy atom. The average Bonchev–Trinajstić information content (AvgIpc) is 2.38. The second-order valence-electron chi connectivity index (χ2n) is 3.64. The van der Waals surface area contributed by atoms with Gasteiger partial charge in [-0.05, 0) is 29.7 Å². The molecule has 1 heteroatoms. The Morgan fingerprint density at radius 1 is 1.00 bits per heavy atom. The molecule has 2 aromatic carbocycles. The highest BCUT2D eigenvalue weighted by Crippen LogP contribution is 2.15. The van der Waals surface area contributed by atoms with Gasteiger partial charge in [0.25, 0.3) is 0 Å². The third kappa shape index (κ3) is 2.86. The van der Waals surface area contributed by atoms with E-state index >= 15 is 0 Å². The highest BCUT2D eigenvalue weighted by atomic mass is 16.5. The van der Waals surface area contributed by atoms with Gasteiger partial charge in [-0.2, -0.15) is 0 Å². The first-order valence-corrected chi connectivity index (χ1v) is 5.44. The number of benzene rings is 2. The zero-order valence-electron chi connectivity index (χ0n) is 9.39. The van der Waals surface area contributed by atoms with Crippen LogP contribution >= 0.6 is 0 Å². The fourth-order valence-electron chi connectivity index (χ4n) is 1.52. The molecule has 0 aliphatic heterocycles. The van der Waals surface area contributed by atoms with Crippen LogP contribution in [0.1, 0.15) is 18.1 Å². The molecule has 0 N–H and O–H groups in total. The molecule has 0 aliphatic rings. The van der Waals surface area contributed by atoms with Crippen molar-refractivity contribution in [2.24, 2.45) is 0 Å². The fourth-order valence-corrected chi connectivity index (χ4v) is 1.52. The molecule has 0 aromatic heterocycles. The predicted octanol–water partition coefficient (Wildman–Crippen LogP) is 3.84. The summed E-state index contributed by atoms with van der Waals surface area (Å²) in [6.07, 6.45) is 2.06. The first-order chi connectivity index (χ1) is 7.88. The first-order valence-electron chi connectivity index (χ1n) is 5.44. The van der Waals surface area contributed by atoms with E-state index in [0.29, 0.717) is 6.61 Å². The molecule has 0 aliphatic carbocycles. The van der Waals surface area contributed by atoms with Gasteiger partial charge in [-0.3, -0.25) is 0 Å². The molecule has 1 radical (unpaired) electrons. The minimum Gasteiger partial charge on any atom is -0.489 e. The van der Waals surface area contributed by atoms with Crippen molar-refractivity contribution in [3.63, 3.8) is 0 Å². The van der Waals surface area contributed by atoms with Crippen molar-refractivity contribution in [2.75, 3.05) is 0 Å². The van der Waals surface area contributed by atoms with Crippen molar-refractivity contribution in [3.05, 3.63) is 72.1 Å². The molecule has 0 bridgehead atoms. The molecular weight excluding hydrogens is 196 g/mol. The van der Waals surface area contributed by atoms with Crippen LogP contribution in [0.3, 0.4) is 0 Å². The van der Waals surface area contributed by atoms with Gasteiger partial charge in [-0.15, -0.1) is 0 Å². The smallest absolute Gasteiger partial charge is 0.120 e. The molecule has 0 atom stereocenters. The largest absolute Gasteiger partial charge is 0.489 e. The van der Waals surface area contributed by atoms with Gasteiger partial charge in [0.05, 0.1) is 0 Å². The summed E-state index contributed by atoms with van der Waals surface area (Å²) in [6.45, 7) is 2.64. The van der Waals surface area contributed by atoms with Gasteiger partial charge in [-0.1, -0.05) is 49.4 Å². The molecule has 0 amide bonds. The lowest BCUT2D eigenvalue weighted by atomic mass is 10.2. The highest BCUT2D eigenvalue weighted by Gasteiger charge is 1.96. The number of rotatable bonds is 4. The summed E-state index contributed by atoms with van der Waals surface area (Å²) in [4.78, 5) is 0. The van der Waals surface area contributed by atoms with Gasteiger partial charge in [0.15, 0.2) is 0 Å². The SMILES string of the molecule is C[CH]c1cccc(OCc2ccccc2)c1. The van der Waals surface area contributed by atoms with Gasteiger partial charge in [0.2, 0.25) is 0 Å². The number of hydrogen-bond acceptors (Lipinski definition) is 1. The lowest BCUT2D eigenvalue weighted by Gasteiger charge is -2.07. The van der Waals surface area contributed by atoms with E-state index in [9.17, 15) is 0 Å². The van der Waals surface area contributed by atoms with Crippen LogP contribution in [-0.2, 0) is 6.61 Å². The van der Waals surface area contributed by atoms with Crippen molar-refractivity contribution in [2.45, 2.75) is 13.5 Å². The maximum absolute atomic E-state index is 5.71. The lowest BCUT2D eigenvalue weighted by molar-refractivity contribution is 0.306. The van der Waals surface area contributed by atoms with Crippen LogP contribution in [0.25, 0.3) is 0 Å². The quantitative estimate of drug-likeness (QED) is 0.746. The molecule has 0 fully saturated rings. The molecule has 81 valence electrons. The van der Waals surface area contributed by atoms with Crippen molar-refractivity contribution in [1.82, 2.24) is 0 Å². The van der Waals surface area contributed by atoms with Crippen LogP contribution in [0.15, 0.2) is 54.6 Å². The van der Waals surface area contributed by atoms with E-state index in [1.54, 1.807) is 0 Å². The molecule has 1 nitrogen and oxygen atoms in total. The summed E-state index contributed by atoms with van der Waals surface area (Å²) in [5.41, 5.74) is 2.37. The first kappa shape index (κ1) is 10.7. The van der Waals surface area contributed by atoms with Crippen molar-refractivity contribution >= 4 is 0 Å². The summed E-state index contributed by atoms with van der Waals surface area (Å²) in [5.74, 6) is 0.916. The van der Waals surface area contributed by atoms with E-state index in [2.05, 4.69) is 24.6 Å². The Labute approximate surface area is 96.7 Å². The summed E-state index contributed by atoms with van der Waals surface area (Å²) in [7, 11) is 0. The van der Waals surface area contributed by atoms with Crippen LogP contribution in [0, 0.1) is 6.42 Å². The van der Waals surface area contributed by atoms with Gasteiger partial charge >= 0.3 is 0 Å². The Kier molecular flexibility index (Phi) is 3.60. The normalized spacial score (nSPS) is 10.1. The van der Waals surface area contributed by atoms with Crippen molar-refractivity contribution < 1.29 is 4.74 Å². The monoisotopic (exact) mass is 211 g/mol. The molecule has 0 heterocycles. The van der Waals surface area contributed by atoms with Gasteiger partial charge in [-0.25, -0.2) is 0 Å². The second-order valence-corrected chi connectivity index (χ2v) is 3.64. The van der Waals surface area contributed by atoms with E-state index in [0.717, 1.165) is 5.75 Å². The standard InChI is InChI=1S/C15H15O/c1-2-13-9-6-10-15(11-13)16-12-14-7-4-3-5-8-14/h2-11H,12H2,1H3. The van der Waals surface area contributed by atoms with Crippen LogP contribution in [0.2, 0.25) is 0 Å². The molecular formula is C15H15O. The third-order valence-electron chi connectivity index (χ3n) is 2.44. The van der Waals surface area contributed by atoms with Gasteiger partial charge in [0.1, 0.15) is 12.4 Å². The molecule has 0 saturated carbocycles. The van der Waals surface area contributed by atoms with Crippen LogP contribution in [-0.4, -0.2) is 0 Å². The fraction of sp³-hybridized carbons (Fsp3) is 0.133. The van der Waals surface area contributed by atoms with Crippen LogP contribution < -0.4 is 4.74 Å². The van der Waals surface area contributed by atoms with E-state index in [1.807, 2.05) is 43.3 Å². The van der Waals surface area contributed by atoms with Gasteiger partial charge in [0, 0.05) is 0 Å². The molecule has 0 spiro atoms. The maximum atomic E-state index is 5.71. The van der Waals surface area contributed by atoms with Crippen molar-refractivity contribution in [1.29, 1.82) is 0 Å². The highest BCUT2D eigenvalue weighted by molar-refractivity contribution is 5.32. The van der Waals surface area contributed by atoms with Gasteiger partial charge < -0.3 is 4.74 Å². The second kappa shape index (κ2) is 5.36. The Balaban J connectivity index is 1.99. The summed E-state index contributed by atoms with van der Waals surface area (Å²) >= 11 is 0. The topological polar surface area (TPSA) is 9.23 Å². The third-order valence-corrected chi connectivity index (χ3v) is 2.44. The molecule has 0 unspecified atom stereocenters. The van der Waals surface area contributed by atoms with Crippen LogP contribution in [0.5, 0.6) is 5.75 Å². The predicted molar refractivity (Wildman–Crippen MR) is 66.3 cm³/mol. The van der Waals surface area contributed by atoms with Crippen molar-refractivity contribution in [3.8, 4) is 5.75 Å². The average molecular weight is 211 g/mol. The van der Waals surface area contributed by atoms with E-state index < -0.39 is 0 Å². The van der Waals surface area contributed by atoms with Crippen LogP contribution in [0.4, 0.5) is 0 Å². The molecule has 2 aromatic rings. The molecule has 2 rings (SSSR count). The van der Waals surface area contributed by atoms with E-state index in [1.165, 1.54) is 11.1 Å². The molecule has 0 saturated heterocycles. The minimum atomic E-state index is 0.619. The minimum absolute atomic E-state index is 0.619. The Bertz CT molecular complexity index is 434. The summed E-state index contributed by atoms with van der Waals surface area (Å²) < 4.78 is 5.71. The maximum Gasteiger partial charge on any atom is 0.120 e. The zero-order chi connectivity index (χ0) is 11.2. The summed E-state index contributed by atoms with van der Waals surface area (Å²) in [6, 6.07) is 18.3. The van der Waals surface area contributed by atoms with E-state index in [-0.39, 0.29) is 0 Å². The zero-order valence-corrected chi connectivity index (χ0v) is 9.39.